The van der Waals surface area contributed by atoms with Crippen LogP contribution in [0.2, 0.25) is 0 Å². The third-order valence-electron chi connectivity index (χ3n) is 3.20. The monoisotopic (exact) mass is 282 g/mol. The standard InChI is InChI=1S/C16H11FN2O2/c17-14-5-4-11(9-13(14)16(20)21)10-2-1-3-12(8-10)15-6-7-18-19-15/h1-9H,(H,18,19)(H,20,21). The van der Waals surface area contributed by atoms with Gasteiger partial charge in [-0.15, -0.1) is 0 Å². The first-order chi connectivity index (χ1) is 10.1. The van der Waals surface area contributed by atoms with E-state index in [1.807, 2.05) is 30.3 Å². The van der Waals surface area contributed by atoms with Gasteiger partial charge in [-0.1, -0.05) is 24.3 Å². The Morgan fingerprint density at radius 3 is 2.52 bits per heavy atom. The van der Waals surface area contributed by atoms with E-state index in [-0.39, 0.29) is 5.56 Å². The number of carboxylic acid groups (broad SMARTS) is 1. The highest BCUT2D eigenvalue weighted by molar-refractivity contribution is 5.90. The van der Waals surface area contributed by atoms with Crippen molar-refractivity contribution in [3.8, 4) is 22.4 Å². The number of hydrogen-bond donors (Lipinski definition) is 2. The summed E-state index contributed by atoms with van der Waals surface area (Å²) in [5, 5.41) is 15.8. The van der Waals surface area contributed by atoms with E-state index in [0.717, 1.165) is 16.8 Å². The van der Waals surface area contributed by atoms with Crippen LogP contribution >= 0.6 is 0 Å². The molecule has 0 atom stereocenters. The molecular weight excluding hydrogens is 271 g/mol. The fourth-order valence-electron chi connectivity index (χ4n) is 2.15. The second kappa shape index (κ2) is 5.20. The van der Waals surface area contributed by atoms with Gasteiger partial charge in [-0.25, -0.2) is 9.18 Å². The molecule has 1 heterocycles. The van der Waals surface area contributed by atoms with Crippen molar-refractivity contribution in [2.45, 2.75) is 0 Å². The first-order valence-electron chi connectivity index (χ1n) is 6.28. The Morgan fingerprint density at radius 1 is 1.05 bits per heavy atom. The van der Waals surface area contributed by atoms with Gasteiger partial charge in [0.1, 0.15) is 5.82 Å². The predicted molar refractivity (Wildman–Crippen MR) is 76.4 cm³/mol. The zero-order valence-corrected chi connectivity index (χ0v) is 10.9. The molecule has 3 rings (SSSR count). The second-order valence-electron chi connectivity index (χ2n) is 4.55. The highest BCUT2D eigenvalue weighted by atomic mass is 19.1. The normalized spacial score (nSPS) is 10.5. The number of nitrogens with zero attached hydrogens (tertiary/aromatic N) is 1. The molecule has 0 spiro atoms. The Bertz CT molecular complexity index is 798. The molecule has 0 saturated heterocycles. The Labute approximate surface area is 119 Å². The van der Waals surface area contributed by atoms with Crippen LogP contribution in [0.1, 0.15) is 10.4 Å². The lowest BCUT2D eigenvalue weighted by molar-refractivity contribution is 0.0692. The van der Waals surface area contributed by atoms with Gasteiger partial charge in [0.2, 0.25) is 0 Å². The first-order valence-corrected chi connectivity index (χ1v) is 6.28. The van der Waals surface area contributed by atoms with Crippen LogP contribution in [0.3, 0.4) is 0 Å². The summed E-state index contributed by atoms with van der Waals surface area (Å²) in [6.45, 7) is 0. The first kappa shape index (κ1) is 13.1. The lowest BCUT2D eigenvalue weighted by Gasteiger charge is -2.06. The predicted octanol–water partition coefficient (Wildman–Crippen LogP) is 3.58. The molecule has 21 heavy (non-hydrogen) atoms. The minimum absolute atomic E-state index is 0.334. The minimum atomic E-state index is -1.28. The number of benzene rings is 2. The summed E-state index contributed by atoms with van der Waals surface area (Å²) in [4.78, 5) is 11.0. The van der Waals surface area contributed by atoms with Crippen molar-refractivity contribution in [3.63, 3.8) is 0 Å². The lowest BCUT2D eigenvalue weighted by atomic mass is 10.00. The highest BCUT2D eigenvalue weighted by Crippen LogP contribution is 2.26. The van der Waals surface area contributed by atoms with Crippen LogP contribution in [0.25, 0.3) is 22.4 Å². The zero-order chi connectivity index (χ0) is 14.8. The molecule has 4 nitrogen and oxygen atoms in total. The molecule has 0 saturated carbocycles. The number of H-pyrrole nitrogens is 1. The van der Waals surface area contributed by atoms with Crippen molar-refractivity contribution in [1.82, 2.24) is 10.2 Å². The van der Waals surface area contributed by atoms with Gasteiger partial charge in [0.05, 0.1) is 11.3 Å². The number of rotatable bonds is 3. The Kier molecular flexibility index (Phi) is 3.23. The summed E-state index contributed by atoms with van der Waals surface area (Å²) >= 11 is 0. The van der Waals surface area contributed by atoms with Gasteiger partial charge in [0, 0.05) is 11.8 Å². The lowest BCUT2D eigenvalue weighted by Crippen LogP contribution is -2.00. The number of aromatic amines is 1. The fourth-order valence-corrected chi connectivity index (χ4v) is 2.15. The van der Waals surface area contributed by atoms with E-state index < -0.39 is 11.8 Å². The average Bonchev–Trinajstić information content (AvgIpc) is 3.02. The molecule has 0 fully saturated rings. The van der Waals surface area contributed by atoms with Crippen LogP contribution in [0.15, 0.2) is 54.7 Å². The maximum atomic E-state index is 13.4. The maximum Gasteiger partial charge on any atom is 0.338 e. The highest BCUT2D eigenvalue weighted by Gasteiger charge is 2.12. The fraction of sp³-hybridized carbons (Fsp3) is 0. The quantitative estimate of drug-likeness (QED) is 0.771. The zero-order valence-electron chi connectivity index (χ0n) is 10.9. The van der Waals surface area contributed by atoms with Crippen molar-refractivity contribution in [2.24, 2.45) is 0 Å². The van der Waals surface area contributed by atoms with E-state index >= 15 is 0 Å². The van der Waals surface area contributed by atoms with Crippen LogP contribution in [-0.4, -0.2) is 21.3 Å². The molecular formula is C16H11FN2O2. The Balaban J connectivity index is 2.07. The summed E-state index contributed by atoms with van der Waals surface area (Å²) < 4.78 is 13.4. The number of halogens is 1. The molecule has 0 amide bonds. The van der Waals surface area contributed by atoms with Crippen LogP contribution in [0, 0.1) is 5.82 Å². The van der Waals surface area contributed by atoms with Crippen molar-refractivity contribution in [1.29, 1.82) is 0 Å². The van der Waals surface area contributed by atoms with Crippen LogP contribution in [0.4, 0.5) is 4.39 Å². The van der Waals surface area contributed by atoms with Crippen molar-refractivity contribution < 1.29 is 14.3 Å². The van der Waals surface area contributed by atoms with Crippen molar-refractivity contribution in [2.75, 3.05) is 0 Å². The van der Waals surface area contributed by atoms with Gasteiger partial charge in [0.15, 0.2) is 0 Å². The van der Waals surface area contributed by atoms with Crippen LogP contribution in [0.5, 0.6) is 0 Å². The number of nitrogens with one attached hydrogen (secondary N) is 1. The second-order valence-corrected chi connectivity index (χ2v) is 4.55. The van der Waals surface area contributed by atoms with E-state index in [2.05, 4.69) is 10.2 Å². The van der Waals surface area contributed by atoms with Gasteiger partial charge >= 0.3 is 5.97 Å². The molecule has 0 bridgehead atoms. The van der Waals surface area contributed by atoms with Gasteiger partial charge in [-0.05, 0) is 35.4 Å². The molecule has 104 valence electrons. The van der Waals surface area contributed by atoms with Crippen LogP contribution < -0.4 is 0 Å². The third-order valence-corrected chi connectivity index (χ3v) is 3.20. The SMILES string of the molecule is O=C(O)c1cc(-c2cccc(-c3ccn[nH]3)c2)ccc1F. The molecule has 0 aliphatic heterocycles. The van der Waals surface area contributed by atoms with E-state index in [9.17, 15) is 9.18 Å². The maximum absolute atomic E-state index is 13.4. The minimum Gasteiger partial charge on any atom is -0.478 e. The molecule has 1 aromatic heterocycles. The van der Waals surface area contributed by atoms with E-state index in [0.29, 0.717) is 5.56 Å². The number of carboxylic acids is 1. The topological polar surface area (TPSA) is 66.0 Å². The summed E-state index contributed by atoms with van der Waals surface area (Å²) in [6.07, 6.45) is 1.66. The summed E-state index contributed by atoms with van der Waals surface area (Å²) in [5.74, 6) is -2.02. The summed E-state index contributed by atoms with van der Waals surface area (Å²) in [7, 11) is 0. The Hall–Kier alpha value is -2.95. The Morgan fingerprint density at radius 2 is 1.81 bits per heavy atom. The molecule has 0 aliphatic carbocycles. The van der Waals surface area contributed by atoms with E-state index in [4.69, 9.17) is 5.11 Å². The van der Waals surface area contributed by atoms with Gasteiger partial charge in [-0.3, -0.25) is 5.10 Å². The van der Waals surface area contributed by atoms with Crippen LogP contribution in [-0.2, 0) is 0 Å². The number of aromatic nitrogens is 2. The molecule has 2 aromatic carbocycles. The third kappa shape index (κ3) is 2.53. The average molecular weight is 282 g/mol. The van der Waals surface area contributed by atoms with Gasteiger partial charge in [-0.2, -0.15) is 5.10 Å². The largest absolute Gasteiger partial charge is 0.478 e. The number of hydrogen-bond acceptors (Lipinski definition) is 2. The molecule has 2 N–H and O–H groups in total. The molecule has 0 radical (unpaired) electrons. The smallest absolute Gasteiger partial charge is 0.338 e. The summed E-state index contributed by atoms with van der Waals surface area (Å²) in [6, 6.07) is 13.4. The van der Waals surface area contributed by atoms with Gasteiger partial charge in [0.25, 0.3) is 0 Å². The molecule has 0 unspecified atom stereocenters. The molecule has 0 aliphatic rings. The van der Waals surface area contributed by atoms with Gasteiger partial charge < -0.3 is 5.11 Å². The molecule has 5 heteroatoms. The molecule has 3 aromatic rings. The number of aromatic carboxylic acids is 1. The van der Waals surface area contributed by atoms with Crippen molar-refractivity contribution in [3.05, 3.63) is 66.1 Å². The van der Waals surface area contributed by atoms with Crippen molar-refractivity contribution >= 4 is 5.97 Å². The van der Waals surface area contributed by atoms with E-state index in [1.54, 1.807) is 12.3 Å². The number of carbonyl (C=O) groups is 1. The van der Waals surface area contributed by atoms with E-state index in [1.165, 1.54) is 12.1 Å². The summed E-state index contributed by atoms with van der Waals surface area (Å²) in [5.41, 5.74) is 2.91.